The molecule has 2 aromatic heterocycles. The molecule has 0 radical (unpaired) electrons. The van der Waals surface area contributed by atoms with Gasteiger partial charge in [-0.3, -0.25) is 9.89 Å². The number of hydrogen-bond donors (Lipinski definition) is 1. The second-order valence-electron chi connectivity index (χ2n) is 3.69. The monoisotopic (exact) mass is 251 g/mol. The van der Waals surface area contributed by atoms with Crippen LogP contribution in [-0.4, -0.2) is 24.5 Å². The summed E-state index contributed by atoms with van der Waals surface area (Å²) in [6.45, 7) is 2.60. The Morgan fingerprint density at radius 1 is 1.47 bits per heavy atom. The van der Waals surface area contributed by atoms with Crippen molar-refractivity contribution in [2.24, 2.45) is 7.05 Å². The first kappa shape index (κ1) is 11.7. The maximum Gasteiger partial charge on any atom is 0.266 e. The smallest absolute Gasteiger partial charge is 0.266 e. The van der Waals surface area contributed by atoms with Crippen LogP contribution in [0.3, 0.4) is 0 Å². The van der Waals surface area contributed by atoms with Gasteiger partial charge in [0.1, 0.15) is 5.69 Å². The molecule has 0 spiro atoms. The molecule has 2 aromatic rings. The molecular formula is C10H13N5OS. The van der Waals surface area contributed by atoms with Crippen molar-refractivity contribution in [3.63, 3.8) is 0 Å². The number of H-pyrrole nitrogens is 1. The number of aromatic nitrogens is 5. The summed E-state index contributed by atoms with van der Waals surface area (Å²) in [7, 11) is 1.80. The maximum absolute atomic E-state index is 11.5. The van der Waals surface area contributed by atoms with Gasteiger partial charge in [0.15, 0.2) is 10.6 Å². The van der Waals surface area contributed by atoms with Gasteiger partial charge in [-0.1, -0.05) is 6.92 Å². The van der Waals surface area contributed by atoms with E-state index < -0.39 is 0 Å². The third-order valence-corrected chi connectivity index (χ3v) is 2.78. The summed E-state index contributed by atoms with van der Waals surface area (Å²) in [5.41, 5.74) is 0.528. The normalized spacial score (nSPS) is 10.7. The molecule has 0 saturated heterocycles. The van der Waals surface area contributed by atoms with Crippen molar-refractivity contribution in [3.05, 3.63) is 27.3 Å². The molecule has 0 unspecified atom stereocenters. The van der Waals surface area contributed by atoms with Crippen molar-refractivity contribution in [2.75, 3.05) is 0 Å². The average Bonchev–Trinajstić information content (AvgIpc) is 2.64. The Labute approximate surface area is 103 Å². The van der Waals surface area contributed by atoms with Gasteiger partial charge >= 0.3 is 0 Å². The van der Waals surface area contributed by atoms with Crippen LogP contribution in [0.5, 0.6) is 0 Å². The van der Waals surface area contributed by atoms with Gasteiger partial charge in [-0.2, -0.15) is 10.2 Å². The summed E-state index contributed by atoms with van der Waals surface area (Å²) in [6, 6.07) is 3.15. The van der Waals surface area contributed by atoms with Gasteiger partial charge in [0.25, 0.3) is 5.56 Å². The average molecular weight is 251 g/mol. The number of rotatable bonds is 3. The Balaban J connectivity index is 2.53. The summed E-state index contributed by atoms with van der Waals surface area (Å²) >= 11 is 5.03. The van der Waals surface area contributed by atoms with Crippen LogP contribution < -0.4 is 5.56 Å². The van der Waals surface area contributed by atoms with E-state index in [4.69, 9.17) is 12.2 Å². The molecule has 7 heteroatoms. The van der Waals surface area contributed by atoms with Crippen molar-refractivity contribution in [1.29, 1.82) is 0 Å². The van der Waals surface area contributed by atoms with E-state index in [1.165, 1.54) is 10.7 Å². The maximum atomic E-state index is 11.5. The predicted molar refractivity (Wildman–Crippen MR) is 66.2 cm³/mol. The molecule has 0 fully saturated rings. The zero-order chi connectivity index (χ0) is 12.4. The van der Waals surface area contributed by atoms with E-state index in [2.05, 4.69) is 15.3 Å². The molecule has 0 saturated carbocycles. The summed E-state index contributed by atoms with van der Waals surface area (Å²) in [6.07, 6.45) is 0.856. The predicted octanol–water partition coefficient (Wildman–Crippen LogP) is 1.11. The Hall–Kier alpha value is -1.76. The molecule has 17 heavy (non-hydrogen) atoms. The fraction of sp³-hybridized carbons (Fsp3) is 0.400. The van der Waals surface area contributed by atoms with E-state index in [0.717, 1.165) is 6.42 Å². The van der Waals surface area contributed by atoms with Crippen LogP contribution in [0.15, 0.2) is 16.9 Å². The molecule has 90 valence electrons. The molecule has 0 bridgehead atoms. The number of nitrogens with one attached hydrogen (secondary N) is 1. The highest BCUT2D eigenvalue weighted by Crippen LogP contribution is 2.10. The minimum absolute atomic E-state index is 0.104. The molecular weight excluding hydrogens is 238 g/mol. The van der Waals surface area contributed by atoms with Crippen molar-refractivity contribution in [2.45, 2.75) is 19.9 Å². The van der Waals surface area contributed by atoms with Crippen LogP contribution in [0.2, 0.25) is 0 Å². The first-order chi connectivity index (χ1) is 8.13. The fourth-order valence-corrected chi connectivity index (χ4v) is 1.65. The van der Waals surface area contributed by atoms with E-state index in [-0.39, 0.29) is 5.56 Å². The fourth-order valence-electron chi connectivity index (χ4n) is 1.52. The lowest BCUT2D eigenvalue weighted by molar-refractivity contribution is 0.569. The van der Waals surface area contributed by atoms with Gasteiger partial charge in [-0.05, 0) is 24.7 Å². The van der Waals surface area contributed by atoms with Crippen LogP contribution in [-0.2, 0) is 13.6 Å². The number of aromatic amines is 1. The Bertz CT molecular complexity index is 639. The van der Waals surface area contributed by atoms with Crippen molar-refractivity contribution in [3.8, 4) is 11.5 Å². The van der Waals surface area contributed by atoms with Crippen LogP contribution in [0, 0.1) is 4.77 Å². The first-order valence-electron chi connectivity index (χ1n) is 5.33. The van der Waals surface area contributed by atoms with E-state index in [0.29, 0.717) is 22.8 Å². The Morgan fingerprint density at radius 2 is 2.24 bits per heavy atom. The topological polar surface area (TPSA) is 68.5 Å². The minimum atomic E-state index is -0.104. The molecule has 0 atom stereocenters. The highest BCUT2D eigenvalue weighted by Gasteiger charge is 2.08. The largest absolute Gasteiger partial charge is 0.302 e. The Kier molecular flexibility index (Phi) is 3.19. The lowest BCUT2D eigenvalue weighted by Crippen LogP contribution is -2.22. The van der Waals surface area contributed by atoms with E-state index >= 15 is 0 Å². The van der Waals surface area contributed by atoms with Gasteiger partial charge in [-0.15, -0.1) is 0 Å². The molecule has 2 rings (SSSR count). The lowest BCUT2D eigenvalue weighted by atomic mass is 10.3. The van der Waals surface area contributed by atoms with E-state index in [1.54, 1.807) is 17.7 Å². The number of aryl methyl sites for hydroxylation is 1. The SMILES string of the molecule is CCCn1nc(-c2n[nH]c(=S)n2C)ccc1=O. The highest BCUT2D eigenvalue weighted by molar-refractivity contribution is 7.71. The van der Waals surface area contributed by atoms with E-state index in [1.807, 2.05) is 6.92 Å². The zero-order valence-electron chi connectivity index (χ0n) is 9.67. The summed E-state index contributed by atoms with van der Waals surface area (Å²) in [4.78, 5) is 11.5. The Morgan fingerprint density at radius 3 is 2.82 bits per heavy atom. The van der Waals surface area contributed by atoms with Gasteiger partial charge in [0, 0.05) is 19.7 Å². The molecule has 0 aliphatic carbocycles. The standard InChI is InChI=1S/C10H13N5OS/c1-3-6-15-8(16)5-4-7(13-15)9-11-12-10(17)14(9)2/h4-5H,3,6H2,1-2H3,(H,12,17). The van der Waals surface area contributed by atoms with Gasteiger partial charge in [-0.25, -0.2) is 4.68 Å². The zero-order valence-corrected chi connectivity index (χ0v) is 10.5. The molecule has 0 aliphatic rings. The van der Waals surface area contributed by atoms with Gasteiger partial charge in [0.05, 0.1) is 0 Å². The lowest BCUT2D eigenvalue weighted by Gasteiger charge is -2.04. The van der Waals surface area contributed by atoms with Gasteiger partial charge < -0.3 is 4.57 Å². The molecule has 0 amide bonds. The van der Waals surface area contributed by atoms with Crippen LogP contribution in [0.1, 0.15) is 13.3 Å². The van der Waals surface area contributed by atoms with Crippen molar-refractivity contribution < 1.29 is 0 Å². The third-order valence-electron chi connectivity index (χ3n) is 2.41. The molecule has 1 N–H and O–H groups in total. The summed E-state index contributed by atoms with van der Waals surface area (Å²) in [5.74, 6) is 0.625. The minimum Gasteiger partial charge on any atom is -0.302 e. The van der Waals surface area contributed by atoms with E-state index in [9.17, 15) is 4.79 Å². The molecule has 0 aromatic carbocycles. The van der Waals surface area contributed by atoms with Crippen molar-refractivity contribution in [1.82, 2.24) is 24.5 Å². The second kappa shape index (κ2) is 4.62. The number of hydrogen-bond acceptors (Lipinski definition) is 4. The highest BCUT2D eigenvalue weighted by atomic mass is 32.1. The third kappa shape index (κ3) is 2.19. The molecule has 6 nitrogen and oxygen atoms in total. The van der Waals surface area contributed by atoms with Crippen LogP contribution in [0.25, 0.3) is 11.5 Å². The second-order valence-corrected chi connectivity index (χ2v) is 4.08. The first-order valence-corrected chi connectivity index (χ1v) is 5.74. The number of nitrogens with zero attached hydrogens (tertiary/aromatic N) is 4. The quantitative estimate of drug-likeness (QED) is 0.830. The molecule has 0 aliphatic heterocycles. The summed E-state index contributed by atoms with van der Waals surface area (Å²) in [5, 5.41) is 11.0. The molecule has 2 heterocycles. The van der Waals surface area contributed by atoms with Crippen LogP contribution >= 0.6 is 12.2 Å². The summed E-state index contributed by atoms with van der Waals surface area (Å²) < 4.78 is 3.68. The van der Waals surface area contributed by atoms with Crippen molar-refractivity contribution >= 4 is 12.2 Å². The van der Waals surface area contributed by atoms with Crippen LogP contribution in [0.4, 0.5) is 0 Å². The van der Waals surface area contributed by atoms with Gasteiger partial charge in [0.2, 0.25) is 0 Å².